The molecule has 0 heterocycles. The highest BCUT2D eigenvalue weighted by Crippen LogP contribution is 2.24. The first-order valence-corrected chi connectivity index (χ1v) is 12.9. The molecule has 0 saturated carbocycles. The molecule has 1 atom stereocenters. The molecule has 1 N–H and O–H groups in total. The first kappa shape index (κ1) is 26.0. The van der Waals surface area contributed by atoms with Gasteiger partial charge in [0.25, 0.3) is 10.0 Å². The Labute approximate surface area is 207 Å². The molecule has 0 radical (unpaired) electrons. The Morgan fingerprint density at radius 2 is 1.46 bits per heavy atom. The average Bonchev–Trinajstić information content (AvgIpc) is 2.88. The minimum Gasteiger partial charge on any atom is -0.357 e. The lowest BCUT2D eigenvalue weighted by Crippen LogP contribution is -2.51. The van der Waals surface area contributed by atoms with Gasteiger partial charge in [-0.2, -0.15) is 0 Å². The third-order valence-electron chi connectivity index (χ3n) is 5.83. The van der Waals surface area contributed by atoms with Crippen molar-refractivity contribution in [3.63, 3.8) is 0 Å². The first-order valence-electron chi connectivity index (χ1n) is 11.4. The van der Waals surface area contributed by atoms with E-state index in [1.54, 1.807) is 49.4 Å². The molecule has 7 nitrogen and oxygen atoms in total. The van der Waals surface area contributed by atoms with E-state index < -0.39 is 28.5 Å². The highest BCUT2D eigenvalue weighted by atomic mass is 32.2. The Hall–Kier alpha value is -3.65. The van der Waals surface area contributed by atoms with Gasteiger partial charge in [0.05, 0.1) is 10.6 Å². The number of carbonyl (C=O) groups is 2. The molecule has 3 aromatic carbocycles. The van der Waals surface area contributed by atoms with Gasteiger partial charge in [0.1, 0.15) is 12.6 Å². The lowest BCUT2D eigenvalue weighted by Gasteiger charge is -2.31. The van der Waals surface area contributed by atoms with E-state index in [1.165, 1.54) is 24.1 Å². The van der Waals surface area contributed by atoms with E-state index in [-0.39, 0.29) is 17.3 Å². The molecule has 184 valence electrons. The molecule has 0 spiro atoms. The fourth-order valence-electron chi connectivity index (χ4n) is 3.74. The second-order valence-electron chi connectivity index (χ2n) is 8.27. The maximum Gasteiger partial charge on any atom is 0.264 e. The summed E-state index contributed by atoms with van der Waals surface area (Å²) in [6.45, 7) is 3.38. The summed E-state index contributed by atoms with van der Waals surface area (Å²) < 4.78 is 28.3. The van der Waals surface area contributed by atoms with Crippen molar-refractivity contribution < 1.29 is 18.0 Å². The number of amides is 2. The second-order valence-corrected chi connectivity index (χ2v) is 10.1. The van der Waals surface area contributed by atoms with Gasteiger partial charge in [0, 0.05) is 13.6 Å². The van der Waals surface area contributed by atoms with Gasteiger partial charge in [-0.05, 0) is 50.1 Å². The number of carbonyl (C=O) groups excluding carboxylic acids is 2. The summed E-state index contributed by atoms with van der Waals surface area (Å²) in [5, 5.41) is 2.58. The van der Waals surface area contributed by atoms with Crippen LogP contribution in [0.4, 0.5) is 5.69 Å². The van der Waals surface area contributed by atoms with Crippen LogP contribution in [-0.4, -0.2) is 51.3 Å². The highest BCUT2D eigenvalue weighted by molar-refractivity contribution is 7.92. The Kier molecular flexibility index (Phi) is 8.65. The van der Waals surface area contributed by atoms with Gasteiger partial charge < -0.3 is 10.2 Å². The predicted octanol–water partition coefficient (Wildman–Crippen LogP) is 3.40. The Morgan fingerprint density at radius 3 is 2.03 bits per heavy atom. The van der Waals surface area contributed by atoms with Crippen LogP contribution in [0.15, 0.2) is 89.8 Å². The quantitative estimate of drug-likeness (QED) is 0.469. The van der Waals surface area contributed by atoms with Gasteiger partial charge in [-0.25, -0.2) is 8.42 Å². The normalized spacial score (nSPS) is 12.0. The number of likely N-dealkylation sites (N-methyl/N-ethyl adjacent to an activating group) is 1. The van der Waals surface area contributed by atoms with Crippen LogP contribution in [0.1, 0.15) is 18.1 Å². The molecule has 0 aliphatic heterocycles. The fraction of sp³-hybridized carbons (Fsp3) is 0.259. The molecule has 8 heteroatoms. The van der Waals surface area contributed by atoms with Gasteiger partial charge in [0.2, 0.25) is 11.8 Å². The van der Waals surface area contributed by atoms with Crippen LogP contribution in [0.2, 0.25) is 0 Å². The van der Waals surface area contributed by atoms with Crippen molar-refractivity contribution >= 4 is 27.5 Å². The van der Waals surface area contributed by atoms with Crippen molar-refractivity contribution in [3.05, 3.63) is 96.1 Å². The smallest absolute Gasteiger partial charge is 0.264 e. The van der Waals surface area contributed by atoms with E-state index in [0.29, 0.717) is 12.1 Å². The van der Waals surface area contributed by atoms with E-state index in [1.807, 2.05) is 37.3 Å². The molecule has 35 heavy (non-hydrogen) atoms. The van der Waals surface area contributed by atoms with E-state index in [4.69, 9.17) is 0 Å². The minimum atomic E-state index is -4.03. The lowest BCUT2D eigenvalue weighted by atomic mass is 10.1. The van der Waals surface area contributed by atoms with Crippen molar-refractivity contribution in [2.24, 2.45) is 0 Å². The molecule has 0 aromatic heterocycles. The van der Waals surface area contributed by atoms with Crippen molar-refractivity contribution in [2.45, 2.75) is 31.2 Å². The van der Waals surface area contributed by atoms with Crippen LogP contribution in [0.25, 0.3) is 0 Å². The molecule has 0 saturated heterocycles. The molecule has 2 amide bonds. The number of hydrogen-bond acceptors (Lipinski definition) is 4. The van der Waals surface area contributed by atoms with Crippen molar-refractivity contribution in [2.75, 3.05) is 24.4 Å². The van der Waals surface area contributed by atoms with Gasteiger partial charge in [-0.3, -0.25) is 13.9 Å². The summed E-state index contributed by atoms with van der Waals surface area (Å²) in [5.74, 6) is -0.781. The average molecular weight is 494 g/mol. The summed E-state index contributed by atoms with van der Waals surface area (Å²) in [6, 6.07) is 23.8. The zero-order chi connectivity index (χ0) is 25.4. The molecule has 0 unspecified atom stereocenters. The van der Waals surface area contributed by atoms with Crippen LogP contribution in [0.5, 0.6) is 0 Å². The number of aryl methyl sites for hydroxylation is 1. The van der Waals surface area contributed by atoms with Gasteiger partial charge in [0.15, 0.2) is 0 Å². The van der Waals surface area contributed by atoms with E-state index in [2.05, 4.69) is 5.32 Å². The van der Waals surface area contributed by atoms with Crippen LogP contribution in [-0.2, 0) is 26.0 Å². The molecule has 0 aliphatic rings. The van der Waals surface area contributed by atoms with Crippen LogP contribution >= 0.6 is 0 Å². The predicted molar refractivity (Wildman–Crippen MR) is 138 cm³/mol. The zero-order valence-corrected chi connectivity index (χ0v) is 21.0. The molecule has 0 bridgehead atoms. The molecule has 3 aromatic rings. The van der Waals surface area contributed by atoms with Crippen molar-refractivity contribution in [3.8, 4) is 0 Å². The summed E-state index contributed by atoms with van der Waals surface area (Å²) >= 11 is 0. The fourth-order valence-corrected chi connectivity index (χ4v) is 5.17. The third-order valence-corrected chi connectivity index (χ3v) is 7.62. The highest BCUT2D eigenvalue weighted by Gasteiger charge is 2.31. The summed E-state index contributed by atoms with van der Waals surface area (Å²) in [5.41, 5.74) is 2.36. The zero-order valence-electron chi connectivity index (χ0n) is 20.2. The van der Waals surface area contributed by atoms with Crippen LogP contribution in [0, 0.1) is 6.92 Å². The van der Waals surface area contributed by atoms with Gasteiger partial charge in [-0.1, -0.05) is 66.2 Å². The maximum absolute atomic E-state index is 13.6. The van der Waals surface area contributed by atoms with Gasteiger partial charge in [-0.15, -0.1) is 0 Å². The van der Waals surface area contributed by atoms with E-state index in [0.717, 1.165) is 15.4 Å². The number of nitrogens with zero attached hydrogens (tertiary/aromatic N) is 2. The standard InChI is InChI=1S/C27H31N3O4S/c1-21-14-16-24(17-15-21)30(35(33,34)25-12-8-5-9-13-25)20-26(31)29(22(2)27(32)28-3)19-18-23-10-6-4-7-11-23/h4-17,22H,18-20H2,1-3H3,(H,28,32)/t22-/m0/s1. The lowest BCUT2D eigenvalue weighted by molar-refractivity contribution is -0.138. The summed E-state index contributed by atoms with van der Waals surface area (Å²) in [7, 11) is -2.52. The Morgan fingerprint density at radius 1 is 0.886 bits per heavy atom. The monoisotopic (exact) mass is 493 g/mol. The topological polar surface area (TPSA) is 86.8 Å². The SMILES string of the molecule is CNC(=O)[C@H](C)N(CCc1ccccc1)C(=O)CN(c1ccc(C)cc1)S(=O)(=O)c1ccccc1. The number of rotatable bonds is 10. The summed E-state index contributed by atoms with van der Waals surface area (Å²) in [6.07, 6.45) is 0.532. The summed E-state index contributed by atoms with van der Waals surface area (Å²) in [4.78, 5) is 27.6. The number of anilines is 1. The Balaban J connectivity index is 1.95. The van der Waals surface area contributed by atoms with E-state index >= 15 is 0 Å². The van der Waals surface area contributed by atoms with Crippen LogP contribution < -0.4 is 9.62 Å². The van der Waals surface area contributed by atoms with Crippen molar-refractivity contribution in [1.29, 1.82) is 0 Å². The molecular formula is C27H31N3O4S. The third kappa shape index (κ3) is 6.48. The minimum absolute atomic E-state index is 0.0866. The van der Waals surface area contributed by atoms with Crippen molar-refractivity contribution in [1.82, 2.24) is 10.2 Å². The number of benzene rings is 3. The largest absolute Gasteiger partial charge is 0.357 e. The molecule has 0 aliphatic carbocycles. The first-order chi connectivity index (χ1) is 16.7. The Bertz CT molecular complexity index is 1230. The van der Waals surface area contributed by atoms with E-state index in [9.17, 15) is 18.0 Å². The van der Waals surface area contributed by atoms with Gasteiger partial charge >= 0.3 is 0 Å². The molecule has 0 fully saturated rings. The number of hydrogen-bond donors (Lipinski definition) is 1. The molecular weight excluding hydrogens is 462 g/mol. The second kappa shape index (κ2) is 11.7. The van der Waals surface area contributed by atoms with Crippen LogP contribution in [0.3, 0.4) is 0 Å². The maximum atomic E-state index is 13.6. The molecule has 3 rings (SSSR count). The number of sulfonamides is 1. The number of nitrogens with one attached hydrogen (secondary N) is 1.